The summed E-state index contributed by atoms with van der Waals surface area (Å²) in [4.78, 5) is 34.6. The Labute approximate surface area is 230 Å². The van der Waals surface area contributed by atoms with E-state index in [9.17, 15) is 14.9 Å². The van der Waals surface area contributed by atoms with E-state index < -0.39 is 11.1 Å². The molecule has 0 bridgehead atoms. The van der Waals surface area contributed by atoms with Crippen LogP contribution < -0.4 is 15.1 Å². The molecule has 1 N–H and O–H groups in total. The molecule has 0 radical (unpaired) electrons. The summed E-state index contributed by atoms with van der Waals surface area (Å²) in [5.41, 5.74) is 4.00. The minimum Gasteiger partial charge on any atom is -0.368 e. The van der Waals surface area contributed by atoms with Gasteiger partial charge in [-0.05, 0) is 42.5 Å². The van der Waals surface area contributed by atoms with Crippen LogP contribution in [0, 0.1) is 10.1 Å². The summed E-state index contributed by atoms with van der Waals surface area (Å²) in [6, 6.07) is 21.6. The number of hydrogen-bond acceptors (Lipinski definition) is 6. The van der Waals surface area contributed by atoms with Gasteiger partial charge in [0.15, 0.2) is 5.11 Å². The van der Waals surface area contributed by atoms with Gasteiger partial charge in [0.25, 0.3) is 11.6 Å². The summed E-state index contributed by atoms with van der Waals surface area (Å²) >= 11 is 12.0. The molecule has 1 fully saturated rings. The fourth-order valence-electron chi connectivity index (χ4n) is 4.63. The largest absolute Gasteiger partial charge is 0.368 e. The summed E-state index contributed by atoms with van der Waals surface area (Å²) in [5.74, 6) is -0.230. The highest BCUT2D eigenvalue weighted by Crippen LogP contribution is 2.30. The lowest BCUT2D eigenvalue weighted by Gasteiger charge is -2.38. The molecule has 0 saturated carbocycles. The SMILES string of the molecule is CN1C(=O)C(NC(=S)N2CCN(c3ccc([N+](=O)[O-])cc3)CC2)N=C(c2ccccc2)c2cc(Cl)ccc21. The number of amides is 1. The van der Waals surface area contributed by atoms with Crippen molar-refractivity contribution in [3.63, 3.8) is 0 Å². The van der Waals surface area contributed by atoms with Crippen LogP contribution in [0.15, 0.2) is 77.8 Å². The van der Waals surface area contributed by atoms with Gasteiger partial charge in [0, 0.05) is 67.2 Å². The van der Waals surface area contributed by atoms with Crippen molar-refractivity contribution in [2.24, 2.45) is 4.99 Å². The number of thiocarbonyl (C=S) groups is 1. The van der Waals surface area contributed by atoms with Crippen molar-refractivity contribution >= 4 is 57.6 Å². The molecule has 0 aliphatic carbocycles. The topological polar surface area (TPSA) is 94.3 Å². The molecule has 3 aromatic rings. The highest BCUT2D eigenvalue weighted by Gasteiger charge is 2.32. The van der Waals surface area contributed by atoms with Gasteiger partial charge in [0.2, 0.25) is 6.17 Å². The number of nitro benzene ring substituents is 1. The second kappa shape index (κ2) is 10.8. The Balaban J connectivity index is 1.34. The molecule has 2 aliphatic heterocycles. The van der Waals surface area contributed by atoms with Gasteiger partial charge < -0.3 is 20.0 Å². The van der Waals surface area contributed by atoms with E-state index in [0.29, 0.717) is 47.7 Å². The lowest BCUT2D eigenvalue weighted by molar-refractivity contribution is -0.384. The van der Waals surface area contributed by atoms with Crippen LogP contribution in [-0.4, -0.2) is 65.9 Å². The Kier molecular flexibility index (Phi) is 7.26. The number of piperazine rings is 1. The highest BCUT2D eigenvalue weighted by atomic mass is 35.5. The Morgan fingerprint density at radius 2 is 1.74 bits per heavy atom. The van der Waals surface area contributed by atoms with Gasteiger partial charge in [-0.15, -0.1) is 0 Å². The normalized spacial score (nSPS) is 17.4. The standard InChI is InChI=1S/C27H25ClN6O3S/c1-31-23-12-7-19(28)17-22(23)24(18-5-3-2-4-6-18)29-25(26(31)35)30-27(38)33-15-13-32(14-16-33)20-8-10-21(11-9-20)34(36)37/h2-12,17,25H,13-16H2,1H3,(H,30,38). The molecule has 1 saturated heterocycles. The van der Waals surface area contributed by atoms with Crippen molar-refractivity contribution < 1.29 is 9.72 Å². The summed E-state index contributed by atoms with van der Waals surface area (Å²) in [6.07, 6.45) is -0.915. The number of hydrogen-bond donors (Lipinski definition) is 1. The van der Waals surface area contributed by atoms with Gasteiger partial charge >= 0.3 is 0 Å². The first-order chi connectivity index (χ1) is 18.3. The van der Waals surface area contributed by atoms with E-state index in [1.54, 1.807) is 30.1 Å². The summed E-state index contributed by atoms with van der Waals surface area (Å²) < 4.78 is 0. The lowest BCUT2D eigenvalue weighted by atomic mass is 10.0. The fourth-order valence-corrected chi connectivity index (χ4v) is 5.09. The van der Waals surface area contributed by atoms with Crippen LogP contribution in [0.4, 0.5) is 17.1 Å². The van der Waals surface area contributed by atoms with Gasteiger partial charge in [-0.3, -0.25) is 14.9 Å². The third-order valence-corrected chi connectivity index (χ3v) is 7.31. The van der Waals surface area contributed by atoms with Crippen molar-refractivity contribution in [2.45, 2.75) is 6.17 Å². The van der Waals surface area contributed by atoms with Gasteiger partial charge in [-0.1, -0.05) is 41.9 Å². The fraction of sp³-hybridized carbons (Fsp3) is 0.222. The number of non-ortho nitro benzene ring substituents is 1. The molecular weight excluding hydrogens is 524 g/mol. The van der Waals surface area contributed by atoms with E-state index in [1.807, 2.05) is 47.4 Å². The zero-order valence-electron chi connectivity index (χ0n) is 20.6. The molecule has 11 heteroatoms. The van der Waals surface area contributed by atoms with Crippen LogP contribution >= 0.6 is 23.8 Å². The lowest BCUT2D eigenvalue weighted by Crippen LogP contribution is -2.55. The molecule has 3 aromatic carbocycles. The summed E-state index contributed by atoms with van der Waals surface area (Å²) in [6.45, 7) is 2.62. The van der Waals surface area contributed by atoms with Crippen molar-refractivity contribution in [1.29, 1.82) is 0 Å². The van der Waals surface area contributed by atoms with Crippen molar-refractivity contribution in [3.05, 3.63) is 99.1 Å². The van der Waals surface area contributed by atoms with E-state index in [2.05, 4.69) is 10.2 Å². The number of nitrogens with zero attached hydrogens (tertiary/aromatic N) is 5. The second-order valence-electron chi connectivity index (χ2n) is 9.00. The first-order valence-electron chi connectivity index (χ1n) is 12.1. The maximum atomic E-state index is 13.5. The molecule has 1 amide bonds. The predicted molar refractivity (Wildman–Crippen MR) is 153 cm³/mol. The second-order valence-corrected chi connectivity index (χ2v) is 9.83. The molecular formula is C27H25ClN6O3S. The van der Waals surface area contributed by atoms with Crippen molar-refractivity contribution in [2.75, 3.05) is 43.0 Å². The summed E-state index contributed by atoms with van der Waals surface area (Å²) in [5, 5.41) is 15.1. The van der Waals surface area contributed by atoms with Crippen LogP contribution in [0.1, 0.15) is 11.1 Å². The van der Waals surface area contributed by atoms with Gasteiger partial charge in [-0.25, -0.2) is 4.99 Å². The van der Waals surface area contributed by atoms with Crippen molar-refractivity contribution in [3.8, 4) is 0 Å². The Bertz CT molecular complexity index is 1410. The van der Waals surface area contributed by atoms with E-state index in [4.69, 9.17) is 28.8 Å². The molecule has 5 rings (SSSR count). The molecule has 9 nitrogen and oxygen atoms in total. The van der Waals surface area contributed by atoms with Gasteiger partial charge in [-0.2, -0.15) is 0 Å². The highest BCUT2D eigenvalue weighted by molar-refractivity contribution is 7.80. The first kappa shape index (κ1) is 25.6. The quantitative estimate of drug-likeness (QED) is 0.298. The number of carbonyl (C=O) groups is 1. The van der Waals surface area contributed by atoms with Gasteiger partial charge in [0.05, 0.1) is 16.3 Å². The molecule has 0 aromatic heterocycles. The third kappa shape index (κ3) is 5.18. The maximum absolute atomic E-state index is 13.5. The first-order valence-corrected chi connectivity index (χ1v) is 12.9. The number of rotatable bonds is 4. The number of anilines is 2. The van der Waals surface area contributed by atoms with Crippen LogP contribution in [0.2, 0.25) is 5.02 Å². The number of aliphatic imine (C=N–C) groups is 1. The predicted octanol–water partition coefficient (Wildman–Crippen LogP) is 4.08. The van der Waals surface area contributed by atoms with Crippen molar-refractivity contribution in [1.82, 2.24) is 10.2 Å². The maximum Gasteiger partial charge on any atom is 0.272 e. The molecule has 38 heavy (non-hydrogen) atoms. The summed E-state index contributed by atoms with van der Waals surface area (Å²) in [7, 11) is 1.72. The van der Waals surface area contributed by atoms with E-state index in [1.165, 1.54) is 12.1 Å². The third-order valence-electron chi connectivity index (χ3n) is 6.70. The van der Waals surface area contributed by atoms with Crippen LogP contribution in [0.3, 0.4) is 0 Å². The van der Waals surface area contributed by atoms with Crippen LogP contribution in [0.5, 0.6) is 0 Å². The number of halogens is 1. The number of fused-ring (bicyclic) bond motifs is 1. The number of nitro groups is 1. The van der Waals surface area contributed by atoms with E-state index in [-0.39, 0.29) is 11.6 Å². The van der Waals surface area contributed by atoms with Gasteiger partial charge in [0.1, 0.15) is 0 Å². The molecule has 194 valence electrons. The Morgan fingerprint density at radius 3 is 2.39 bits per heavy atom. The van der Waals surface area contributed by atoms with Crippen LogP contribution in [-0.2, 0) is 4.79 Å². The number of benzene rings is 3. The molecule has 2 aliphatic rings. The Morgan fingerprint density at radius 1 is 1.05 bits per heavy atom. The smallest absolute Gasteiger partial charge is 0.272 e. The molecule has 0 spiro atoms. The average molecular weight is 549 g/mol. The minimum atomic E-state index is -0.915. The molecule has 1 unspecified atom stereocenters. The number of nitrogens with one attached hydrogen (secondary N) is 1. The van der Waals surface area contributed by atoms with E-state index in [0.717, 1.165) is 16.8 Å². The monoisotopic (exact) mass is 548 g/mol. The zero-order chi connectivity index (χ0) is 26.8. The average Bonchev–Trinajstić information content (AvgIpc) is 3.04. The van der Waals surface area contributed by atoms with Crippen LogP contribution in [0.25, 0.3) is 0 Å². The number of likely N-dealkylation sites (N-methyl/N-ethyl adjacent to an activating group) is 1. The molecule has 1 atom stereocenters. The van der Waals surface area contributed by atoms with E-state index >= 15 is 0 Å². The number of benzodiazepines with no additional fused rings is 1. The number of carbonyl (C=O) groups excluding carboxylic acids is 1. The zero-order valence-corrected chi connectivity index (χ0v) is 22.2. The minimum absolute atomic E-state index is 0.0654. The Hall–Kier alpha value is -4.02. The molecule has 2 heterocycles.